The fraction of sp³-hybridized carbons (Fsp3) is 0. The number of halogens is 2. The Hall–Kier alpha value is -0.850. The van der Waals surface area contributed by atoms with Crippen LogP contribution in [0.5, 0.6) is 0 Å². The lowest BCUT2D eigenvalue weighted by Crippen LogP contribution is -1.82. The molecule has 3 aromatic rings. The van der Waals surface area contributed by atoms with E-state index in [2.05, 4.69) is 41.8 Å². The molecule has 0 bridgehead atoms. The van der Waals surface area contributed by atoms with Gasteiger partial charge < -0.3 is 10.7 Å². The van der Waals surface area contributed by atoms with Crippen LogP contribution in [0.3, 0.4) is 0 Å². The summed E-state index contributed by atoms with van der Waals surface area (Å²) in [5.41, 5.74) is 8.36. The number of hydrogen-bond acceptors (Lipinski definition) is 3. The molecule has 86 valence electrons. The zero-order valence-corrected chi connectivity index (χ0v) is 12.5. The second kappa shape index (κ2) is 4.12. The van der Waals surface area contributed by atoms with Gasteiger partial charge in [0, 0.05) is 10.2 Å². The highest BCUT2D eigenvalue weighted by molar-refractivity contribution is 9.13. The van der Waals surface area contributed by atoms with Gasteiger partial charge in [-0.3, -0.25) is 0 Å². The highest BCUT2D eigenvalue weighted by atomic mass is 79.9. The number of H-pyrrole nitrogens is 1. The number of anilines is 1. The molecule has 0 amide bonds. The van der Waals surface area contributed by atoms with E-state index in [9.17, 15) is 0 Å². The van der Waals surface area contributed by atoms with Gasteiger partial charge in [0.25, 0.3) is 0 Å². The molecule has 6 heteroatoms. The predicted octanol–water partition coefficient (Wildman–Crippen LogP) is 4.40. The normalized spacial score (nSPS) is 11.2. The van der Waals surface area contributed by atoms with E-state index in [-0.39, 0.29) is 0 Å². The van der Waals surface area contributed by atoms with Gasteiger partial charge in [-0.25, -0.2) is 4.98 Å². The van der Waals surface area contributed by atoms with E-state index in [0.717, 1.165) is 35.7 Å². The van der Waals surface area contributed by atoms with Crippen molar-refractivity contribution in [2.75, 3.05) is 5.73 Å². The van der Waals surface area contributed by atoms with Crippen molar-refractivity contribution in [2.24, 2.45) is 0 Å². The van der Waals surface area contributed by atoms with Crippen LogP contribution in [-0.2, 0) is 0 Å². The maximum absolute atomic E-state index is 5.74. The van der Waals surface area contributed by atoms with Crippen molar-refractivity contribution >= 4 is 59.9 Å². The number of rotatable bonds is 1. The Balaban J connectivity index is 2.17. The average Bonchev–Trinajstić information content (AvgIpc) is 2.83. The first-order valence-corrected chi connectivity index (χ1v) is 7.24. The van der Waals surface area contributed by atoms with Gasteiger partial charge in [-0.15, -0.1) is 11.3 Å². The van der Waals surface area contributed by atoms with Crippen LogP contribution in [0.25, 0.3) is 21.7 Å². The van der Waals surface area contributed by atoms with Gasteiger partial charge in [-0.05, 0) is 56.1 Å². The molecule has 0 fully saturated rings. The second-order valence-corrected chi connectivity index (χ2v) is 6.82. The molecule has 1 aromatic carbocycles. The van der Waals surface area contributed by atoms with Gasteiger partial charge in [0.05, 0.1) is 19.7 Å². The monoisotopic (exact) mass is 371 g/mol. The van der Waals surface area contributed by atoms with E-state index in [4.69, 9.17) is 5.73 Å². The number of nitrogens with one attached hydrogen (secondary N) is 1. The zero-order valence-electron chi connectivity index (χ0n) is 8.50. The average molecular weight is 373 g/mol. The van der Waals surface area contributed by atoms with Gasteiger partial charge in [0.1, 0.15) is 5.82 Å². The van der Waals surface area contributed by atoms with Gasteiger partial charge in [0.15, 0.2) is 0 Å². The first-order chi connectivity index (χ1) is 8.13. The molecule has 0 saturated carbocycles. The van der Waals surface area contributed by atoms with Crippen molar-refractivity contribution in [2.45, 2.75) is 0 Å². The number of benzene rings is 1. The fourth-order valence-electron chi connectivity index (χ4n) is 1.61. The molecule has 0 spiro atoms. The Kier molecular flexibility index (Phi) is 2.72. The van der Waals surface area contributed by atoms with Crippen LogP contribution in [-0.4, -0.2) is 9.97 Å². The van der Waals surface area contributed by atoms with Crippen molar-refractivity contribution in [1.29, 1.82) is 0 Å². The van der Waals surface area contributed by atoms with Gasteiger partial charge >= 0.3 is 0 Å². The number of imidazole rings is 1. The molecule has 17 heavy (non-hydrogen) atoms. The highest BCUT2D eigenvalue weighted by Crippen LogP contribution is 2.37. The summed E-state index contributed by atoms with van der Waals surface area (Å²) in [4.78, 5) is 8.89. The van der Waals surface area contributed by atoms with Crippen LogP contribution < -0.4 is 5.73 Å². The fourth-order valence-corrected chi connectivity index (χ4v) is 3.59. The van der Waals surface area contributed by atoms with E-state index >= 15 is 0 Å². The van der Waals surface area contributed by atoms with Gasteiger partial charge in [-0.2, -0.15) is 0 Å². The van der Waals surface area contributed by atoms with E-state index in [1.807, 2.05) is 24.3 Å². The molecule has 3 N–H and O–H groups in total. The molecule has 3 nitrogen and oxygen atoms in total. The van der Waals surface area contributed by atoms with E-state index < -0.39 is 0 Å². The minimum absolute atomic E-state index is 0.737. The summed E-state index contributed by atoms with van der Waals surface area (Å²) < 4.78 is 2.10. The van der Waals surface area contributed by atoms with E-state index in [1.165, 1.54) is 0 Å². The number of hydrogen-bond donors (Lipinski definition) is 2. The number of nitrogens with two attached hydrogens (primary N) is 1. The van der Waals surface area contributed by atoms with Crippen molar-refractivity contribution < 1.29 is 0 Å². The minimum Gasteiger partial charge on any atom is -0.399 e. The molecule has 0 aliphatic carbocycles. The summed E-state index contributed by atoms with van der Waals surface area (Å²) in [6, 6.07) is 7.70. The SMILES string of the molecule is Nc1ccc2nc(-c3cc(Br)c(Br)s3)[nH]c2c1. The van der Waals surface area contributed by atoms with Crippen LogP contribution in [0.2, 0.25) is 0 Å². The Morgan fingerprint density at radius 3 is 2.76 bits per heavy atom. The zero-order chi connectivity index (χ0) is 12.0. The third kappa shape index (κ3) is 2.00. The molecule has 0 atom stereocenters. The molecular formula is C11H7Br2N3S. The lowest BCUT2D eigenvalue weighted by molar-refractivity contribution is 1.36. The molecule has 2 heterocycles. The third-order valence-corrected chi connectivity index (χ3v) is 5.65. The standard InChI is InChI=1S/C11H7Br2N3S/c12-6-4-9(17-10(6)13)11-15-7-2-1-5(14)3-8(7)16-11/h1-4H,14H2,(H,15,16). The van der Waals surface area contributed by atoms with E-state index in [0.29, 0.717) is 0 Å². The number of aromatic nitrogens is 2. The minimum atomic E-state index is 0.737. The molecule has 0 saturated heterocycles. The molecule has 0 aliphatic heterocycles. The van der Waals surface area contributed by atoms with E-state index in [1.54, 1.807) is 11.3 Å². The first kappa shape index (κ1) is 11.3. The maximum atomic E-state index is 5.74. The molecular weight excluding hydrogens is 366 g/mol. The van der Waals surface area contributed by atoms with Gasteiger partial charge in [-0.1, -0.05) is 0 Å². The second-order valence-electron chi connectivity index (χ2n) is 3.59. The quantitative estimate of drug-likeness (QED) is 0.622. The molecule has 0 radical (unpaired) electrons. The lowest BCUT2D eigenvalue weighted by atomic mass is 10.3. The Morgan fingerprint density at radius 1 is 1.24 bits per heavy atom. The third-order valence-electron chi connectivity index (χ3n) is 2.38. The summed E-state index contributed by atoms with van der Waals surface area (Å²) in [7, 11) is 0. The van der Waals surface area contributed by atoms with Crippen LogP contribution in [0, 0.1) is 0 Å². The lowest BCUT2D eigenvalue weighted by Gasteiger charge is -1.89. The van der Waals surface area contributed by atoms with Crippen LogP contribution in [0.4, 0.5) is 5.69 Å². The number of fused-ring (bicyclic) bond motifs is 1. The number of nitrogens with zero attached hydrogens (tertiary/aromatic N) is 1. The molecule has 3 rings (SSSR count). The summed E-state index contributed by atoms with van der Waals surface area (Å²) in [6.07, 6.45) is 0. The number of thiophene rings is 1. The Bertz CT molecular complexity index is 682. The van der Waals surface area contributed by atoms with Crippen molar-refractivity contribution in [3.8, 4) is 10.7 Å². The summed E-state index contributed by atoms with van der Waals surface area (Å²) in [5.74, 6) is 0.863. The smallest absolute Gasteiger partial charge is 0.148 e. The number of aromatic amines is 1. The van der Waals surface area contributed by atoms with Crippen LogP contribution >= 0.6 is 43.2 Å². The van der Waals surface area contributed by atoms with Crippen LogP contribution in [0.15, 0.2) is 32.5 Å². The Morgan fingerprint density at radius 2 is 2.06 bits per heavy atom. The highest BCUT2D eigenvalue weighted by Gasteiger charge is 2.10. The molecule has 2 aromatic heterocycles. The topological polar surface area (TPSA) is 54.7 Å². The maximum Gasteiger partial charge on any atom is 0.148 e. The summed E-state index contributed by atoms with van der Waals surface area (Å²) in [5, 5.41) is 0. The summed E-state index contributed by atoms with van der Waals surface area (Å²) >= 11 is 8.58. The van der Waals surface area contributed by atoms with Crippen molar-refractivity contribution in [3.63, 3.8) is 0 Å². The Labute approximate surface area is 118 Å². The summed E-state index contributed by atoms with van der Waals surface area (Å²) in [6.45, 7) is 0. The molecule has 0 unspecified atom stereocenters. The van der Waals surface area contributed by atoms with Gasteiger partial charge in [0.2, 0.25) is 0 Å². The number of nitrogen functional groups attached to an aromatic ring is 1. The van der Waals surface area contributed by atoms with Crippen LogP contribution in [0.1, 0.15) is 0 Å². The first-order valence-electron chi connectivity index (χ1n) is 4.84. The van der Waals surface area contributed by atoms with Crippen molar-refractivity contribution in [3.05, 3.63) is 32.5 Å². The molecule has 0 aliphatic rings. The van der Waals surface area contributed by atoms with Crippen molar-refractivity contribution in [1.82, 2.24) is 9.97 Å². The predicted molar refractivity (Wildman–Crippen MR) is 79.2 cm³/mol. The largest absolute Gasteiger partial charge is 0.399 e.